The number of aromatic nitrogens is 1. The van der Waals surface area contributed by atoms with Crippen LogP contribution < -0.4 is 5.32 Å². The molecule has 25 heavy (non-hydrogen) atoms. The van der Waals surface area contributed by atoms with Crippen molar-refractivity contribution in [2.45, 2.75) is 13.8 Å². The van der Waals surface area contributed by atoms with E-state index in [-0.39, 0.29) is 15.8 Å². The number of carbonyl (C=O) groups is 2. The number of esters is 1. The third-order valence-corrected chi connectivity index (χ3v) is 6.57. The van der Waals surface area contributed by atoms with E-state index in [4.69, 9.17) is 4.74 Å². The van der Waals surface area contributed by atoms with Gasteiger partial charge in [0.25, 0.3) is 5.91 Å². The summed E-state index contributed by atoms with van der Waals surface area (Å²) in [5, 5.41) is 13.6. The third kappa shape index (κ3) is 3.38. The Morgan fingerprint density at radius 2 is 2.08 bits per heavy atom. The number of thiophene rings is 2. The van der Waals surface area contributed by atoms with E-state index < -0.39 is 10.8 Å². The van der Waals surface area contributed by atoms with Crippen molar-refractivity contribution < 1.29 is 19.2 Å². The molecule has 3 heterocycles. The molecule has 0 bridgehead atoms. The van der Waals surface area contributed by atoms with E-state index in [1.807, 2.05) is 0 Å². The lowest BCUT2D eigenvalue weighted by molar-refractivity contribution is -0.380. The molecule has 3 rings (SSSR count). The van der Waals surface area contributed by atoms with Gasteiger partial charge in [0.2, 0.25) is 0 Å². The number of nitrogens with zero attached hydrogens (tertiary/aromatic N) is 2. The van der Waals surface area contributed by atoms with E-state index in [1.165, 1.54) is 34.8 Å². The second-order valence-electron chi connectivity index (χ2n) is 4.78. The normalized spacial score (nSPS) is 10.8. The lowest BCUT2D eigenvalue weighted by Gasteiger charge is -2.00. The minimum absolute atomic E-state index is 0.0970. The van der Waals surface area contributed by atoms with Gasteiger partial charge in [0, 0.05) is 6.07 Å². The molecule has 1 amide bonds. The maximum atomic E-state index is 12.2. The first-order valence-electron chi connectivity index (χ1n) is 7.03. The summed E-state index contributed by atoms with van der Waals surface area (Å²) in [7, 11) is 0. The van der Waals surface area contributed by atoms with Gasteiger partial charge in [-0.3, -0.25) is 20.2 Å². The number of anilines is 1. The van der Waals surface area contributed by atoms with Crippen molar-refractivity contribution in [3.63, 3.8) is 0 Å². The maximum Gasteiger partial charge on any atom is 0.348 e. The molecule has 0 aliphatic rings. The molecule has 0 spiro atoms. The number of amides is 1. The van der Waals surface area contributed by atoms with Gasteiger partial charge in [-0.25, -0.2) is 9.78 Å². The summed E-state index contributed by atoms with van der Waals surface area (Å²) in [6.45, 7) is 3.84. The molecule has 0 radical (unpaired) electrons. The highest BCUT2D eigenvalue weighted by Crippen LogP contribution is 2.37. The summed E-state index contributed by atoms with van der Waals surface area (Å²) in [6.07, 6.45) is 0. The van der Waals surface area contributed by atoms with E-state index in [2.05, 4.69) is 10.3 Å². The number of aryl methyl sites for hydroxylation is 1. The van der Waals surface area contributed by atoms with Crippen molar-refractivity contribution in [3.8, 4) is 0 Å². The number of fused-ring (bicyclic) bond motifs is 1. The topological polar surface area (TPSA) is 111 Å². The lowest BCUT2D eigenvalue weighted by Crippen LogP contribution is -2.09. The molecule has 0 aliphatic carbocycles. The van der Waals surface area contributed by atoms with Crippen LogP contribution in [-0.2, 0) is 4.74 Å². The molecule has 1 N–H and O–H groups in total. The summed E-state index contributed by atoms with van der Waals surface area (Å²) in [5.74, 6) is -0.838. The van der Waals surface area contributed by atoms with Gasteiger partial charge in [0.15, 0.2) is 5.13 Å². The van der Waals surface area contributed by atoms with Crippen LogP contribution in [0.1, 0.15) is 31.8 Å². The van der Waals surface area contributed by atoms with E-state index in [9.17, 15) is 19.7 Å². The second-order valence-corrected chi connectivity index (χ2v) is 7.84. The van der Waals surface area contributed by atoms with Gasteiger partial charge in [-0.15, -0.1) is 11.3 Å². The Balaban J connectivity index is 1.81. The number of hydrogen-bond donors (Lipinski definition) is 1. The van der Waals surface area contributed by atoms with Crippen molar-refractivity contribution in [1.29, 1.82) is 0 Å². The Morgan fingerprint density at radius 1 is 1.32 bits per heavy atom. The summed E-state index contributed by atoms with van der Waals surface area (Å²) < 4.78 is 5.81. The van der Waals surface area contributed by atoms with E-state index in [0.717, 1.165) is 21.6 Å². The van der Waals surface area contributed by atoms with Crippen LogP contribution in [0.25, 0.3) is 9.53 Å². The molecular formula is C14H11N3O5S3. The fraction of sp³-hybridized carbons (Fsp3) is 0.214. The minimum Gasteiger partial charge on any atom is -0.462 e. The van der Waals surface area contributed by atoms with Gasteiger partial charge in [-0.2, -0.15) is 0 Å². The first-order chi connectivity index (χ1) is 11.9. The van der Waals surface area contributed by atoms with Crippen molar-refractivity contribution in [2.75, 3.05) is 11.9 Å². The Hall–Kier alpha value is -2.37. The molecule has 0 fully saturated rings. The zero-order valence-electron chi connectivity index (χ0n) is 13.0. The maximum absolute atomic E-state index is 12.2. The quantitative estimate of drug-likeness (QED) is 0.395. The summed E-state index contributed by atoms with van der Waals surface area (Å²) >= 11 is 3.26. The molecule has 0 saturated carbocycles. The molecule has 3 aromatic heterocycles. The van der Waals surface area contributed by atoms with Crippen LogP contribution in [-0.4, -0.2) is 28.4 Å². The van der Waals surface area contributed by atoms with Crippen LogP contribution in [0.2, 0.25) is 0 Å². The molecular weight excluding hydrogens is 386 g/mol. The van der Waals surface area contributed by atoms with Crippen molar-refractivity contribution >= 4 is 65.5 Å². The van der Waals surface area contributed by atoms with E-state index in [0.29, 0.717) is 21.4 Å². The predicted octanol–water partition coefficient (Wildman–Crippen LogP) is 4.06. The summed E-state index contributed by atoms with van der Waals surface area (Å²) in [4.78, 5) is 39.9. The van der Waals surface area contributed by atoms with Gasteiger partial charge < -0.3 is 4.74 Å². The number of nitrogens with one attached hydrogen (secondary N) is 1. The van der Waals surface area contributed by atoms with Gasteiger partial charge in [0.1, 0.15) is 9.71 Å². The predicted molar refractivity (Wildman–Crippen MR) is 97.1 cm³/mol. The number of carbonyl (C=O) groups excluding carboxylic acids is 2. The van der Waals surface area contributed by atoms with Crippen LogP contribution >= 0.6 is 34.0 Å². The molecule has 11 heteroatoms. The molecule has 0 unspecified atom stereocenters. The fourth-order valence-corrected chi connectivity index (χ4v) is 4.96. The number of thiazole rings is 1. The monoisotopic (exact) mass is 397 g/mol. The van der Waals surface area contributed by atoms with Gasteiger partial charge >= 0.3 is 11.0 Å². The summed E-state index contributed by atoms with van der Waals surface area (Å²) in [5.41, 5.74) is 0.767. The standard InChI is InChI=1S/C14H11N3O5S3/c1-3-22-13(19)10-6(2)9-12(24-10)16-14(25-9)15-11(18)7-4-5-8(23-7)17(20)21/h4-5H,3H2,1-2H3,(H,15,16,18). The lowest BCUT2D eigenvalue weighted by atomic mass is 10.3. The highest BCUT2D eigenvalue weighted by molar-refractivity contribution is 7.30. The fourth-order valence-electron chi connectivity index (χ4n) is 2.04. The van der Waals surface area contributed by atoms with E-state index >= 15 is 0 Å². The molecule has 0 aromatic carbocycles. The SMILES string of the molecule is CCOC(=O)c1sc2nc(NC(=O)c3ccc([N+](=O)[O-])s3)sc2c1C. The average Bonchev–Trinajstić information content (AvgIpc) is 3.24. The molecule has 130 valence electrons. The number of hydrogen-bond acceptors (Lipinski definition) is 9. The first kappa shape index (κ1) is 17.5. The van der Waals surface area contributed by atoms with Crippen molar-refractivity contribution in [1.82, 2.24) is 4.98 Å². The van der Waals surface area contributed by atoms with Gasteiger partial charge in [0.05, 0.1) is 21.1 Å². The molecule has 0 aliphatic heterocycles. The summed E-state index contributed by atoms with van der Waals surface area (Å²) in [6, 6.07) is 2.69. The minimum atomic E-state index is -0.541. The Bertz CT molecular complexity index is 987. The number of nitro groups is 1. The van der Waals surface area contributed by atoms with Gasteiger partial charge in [-0.1, -0.05) is 22.7 Å². The number of rotatable bonds is 5. The Kier molecular flexibility index (Phi) is 4.79. The molecule has 3 aromatic rings. The second kappa shape index (κ2) is 6.86. The molecule has 0 saturated heterocycles. The number of ether oxygens (including phenoxy) is 1. The van der Waals surface area contributed by atoms with E-state index in [1.54, 1.807) is 13.8 Å². The van der Waals surface area contributed by atoms with Crippen LogP contribution in [0.3, 0.4) is 0 Å². The Labute approximate surface area is 153 Å². The zero-order valence-corrected chi connectivity index (χ0v) is 15.5. The zero-order chi connectivity index (χ0) is 18.1. The highest BCUT2D eigenvalue weighted by Gasteiger charge is 2.21. The Morgan fingerprint density at radius 3 is 2.68 bits per heavy atom. The first-order valence-corrected chi connectivity index (χ1v) is 9.48. The van der Waals surface area contributed by atoms with Crippen LogP contribution in [0, 0.1) is 17.0 Å². The van der Waals surface area contributed by atoms with Crippen molar-refractivity contribution in [3.05, 3.63) is 37.6 Å². The van der Waals surface area contributed by atoms with Crippen LogP contribution in [0.15, 0.2) is 12.1 Å². The largest absolute Gasteiger partial charge is 0.462 e. The van der Waals surface area contributed by atoms with Gasteiger partial charge in [-0.05, 0) is 25.5 Å². The third-order valence-electron chi connectivity index (χ3n) is 3.15. The molecule has 8 nitrogen and oxygen atoms in total. The van der Waals surface area contributed by atoms with Crippen LogP contribution in [0.5, 0.6) is 0 Å². The smallest absolute Gasteiger partial charge is 0.348 e. The molecule has 0 atom stereocenters. The highest BCUT2D eigenvalue weighted by atomic mass is 32.1. The average molecular weight is 397 g/mol. The van der Waals surface area contributed by atoms with Crippen molar-refractivity contribution in [2.24, 2.45) is 0 Å². The van der Waals surface area contributed by atoms with Crippen LogP contribution in [0.4, 0.5) is 10.1 Å².